The number of fused-ring (bicyclic) bond motifs is 2. The molecule has 2 heterocycles. The number of hydrogen-bond donors (Lipinski definition) is 3. The maximum atomic E-state index is 12.8. The van der Waals surface area contributed by atoms with E-state index in [1.54, 1.807) is 17.4 Å². The summed E-state index contributed by atoms with van der Waals surface area (Å²) in [7, 11) is 0. The first-order valence-electron chi connectivity index (χ1n) is 9.51. The molecule has 27 heavy (non-hydrogen) atoms. The summed E-state index contributed by atoms with van der Waals surface area (Å²) < 4.78 is 0. The van der Waals surface area contributed by atoms with Gasteiger partial charge in [0.2, 0.25) is 0 Å². The Hall–Kier alpha value is -2.41. The molecule has 2 aromatic heterocycles. The van der Waals surface area contributed by atoms with Gasteiger partial charge in [0.15, 0.2) is 0 Å². The molecule has 2 aliphatic carbocycles. The highest BCUT2D eigenvalue weighted by Crippen LogP contribution is 2.31. The molecule has 0 aliphatic heterocycles. The van der Waals surface area contributed by atoms with Gasteiger partial charge in [-0.05, 0) is 68.2 Å². The van der Waals surface area contributed by atoms with Crippen LogP contribution >= 0.6 is 11.3 Å². The molecule has 7 heteroatoms. The van der Waals surface area contributed by atoms with Crippen LogP contribution in [0.4, 0.5) is 0 Å². The van der Waals surface area contributed by atoms with Crippen molar-refractivity contribution < 1.29 is 9.59 Å². The van der Waals surface area contributed by atoms with Crippen molar-refractivity contribution in [3.63, 3.8) is 0 Å². The third-order valence-corrected chi connectivity index (χ3v) is 6.73. The quantitative estimate of drug-likeness (QED) is 0.707. The van der Waals surface area contributed by atoms with Crippen LogP contribution in [0.1, 0.15) is 79.9 Å². The number of aryl methyl sites for hydroxylation is 3. The lowest BCUT2D eigenvalue weighted by Gasteiger charge is -2.26. The summed E-state index contributed by atoms with van der Waals surface area (Å²) in [5.74, 6) is -0.838. The summed E-state index contributed by atoms with van der Waals surface area (Å²) >= 11 is 1.59. The molecule has 4 rings (SSSR count). The average molecular weight is 385 g/mol. The summed E-state index contributed by atoms with van der Waals surface area (Å²) in [4.78, 5) is 41.2. The first-order valence-corrected chi connectivity index (χ1v) is 10.3. The molecule has 1 unspecified atom stereocenters. The monoisotopic (exact) mass is 385 g/mol. The molecule has 0 radical (unpaired) electrons. The third-order valence-electron chi connectivity index (χ3n) is 5.49. The zero-order chi connectivity index (χ0) is 19.0. The number of H-pyrrole nitrogens is 1. The Bertz CT molecular complexity index is 936. The van der Waals surface area contributed by atoms with Crippen LogP contribution in [0.2, 0.25) is 0 Å². The Kier molecular flexibility index (Phi) is 4.86. The number of carbonyl (C=O) groups excluding carboxylic acids is 2. The van der Waals surface area contributed by atoms with E-state index in [2.05, 4.69) is 10.3 Å². The number of rotatable bonds is 3. The highest BCUT2D eigenvalue weighted by atomic mass is 32.1. The Balaban J connectivity index is 1.59. The fourth-order valence-electron chi connectivity index (χ4n) is 4.08. The van der Waals surface area contributed by atoms with Crippen LogP contribution in [0.3, 0.4) is 0 Å². The Morgan fingerprint density at radius 2 is 1.93 bits per heavy atom. The summed E-state index contributed by atoms with van der Waals surface area (Å²) in [6, 6.07) is 3.36. The van der Waals surface area contributed by atoms with E-state index < -0.39 is 11.5 Å². The minimum absolute atomic E-state index is 0.0577. The second-order valence-corrected chi connectivity index (χ2v) is 8.49. The van der Waals surface area contributed by atoms with Crippen molar-refractivity contribution >= 4 is 23.2 Å². The van der Waals surface area contributed by atoms with Crippen molar-refractivity contribution in [3.8, 4) is 0 Å². The molecule has 0 fully saturated rings. The lowest BCUT2D eigenvalue weighted by Crippen LogP contribution is -2.33. The molecule has 0 bridgehead atoms. The Morgan fingerprint density at radius 3 is 2.74 bits per heavy atom. The molecular formula is C20H23N3O3S. The predicted molar refractivity (Wildman–Crippen MR) is 104 cm³/mol. The zero-order valence-electron chi connectivity index (χ0n) is 15.1. The number of hydrogen-bond acceptors (Lipinski definition) is 4. The van der Waals surface area contributed by atoms with Gasteiger partial charge in [-0.3, -0.25) is 14.4 Å². The SMILES string of the molecule is NC(=O)c1cc2c([nH]c1=O)CCCC2NC(=O)c1cc2c(s1)CCCCC2. The lowest BCUT2D eigenvalue weighted by atomic mass is 9.90. The van der Waals surface area contributed by atoms with Crippen LogP contribution in [0.15, 0.2) is 16.9 Å². The summed E-state index contributed by atoms with van der Waals surface area (Å²) in [6.45, 7) is 0. The fourth-order valence-corrected chi connectivity index (χ4v) is 5.24. The second kappa shape index (κ2) is 7.31. The van der Waals surface area contributed by atoms with Crippen molar-refractivity contribution in [2.75, 3.05) is 0 Å². The van der Waals surface area contributed by atoms with E-state index >= 15 is 0 Å². The molecule has 6 nitrogen and oxygen atoms in total. The van der Waals surface area contributed by atoms with Crippen molar-refractivity contribution in [1.29, 1.82) is 0 Å². The molecular weight excluding hydrogens is 362 g/mol. The standard InChI is InChI=1S/C20H23N3O3S/c21-18(24)13-10-12-14(22-19(13)25)6-4-7-15(12)23-20(26)17-9-11-5-2-1-3-8-16(11)27-17/h9-10,15H,1-8H2,(H2,21,24)(H,22,25)(H,23,26). The molecule has 2 aromatic rings. The van der Waals surface area contributed by atoms with Crippen LogP contribution in [-0.4, -0.2) is 16.8 Å². The van der Waals surface area contributed by atoms with Gasteiger partial charge < -0.3 is 16.0 Å². The summed E-state index contributed by atoms with van der Waals surface area (Å²) in [6.07, 6.45) is 8.10. The number of amides is 2. The summed E-state index contributed by atoms with van der Waals surface area (Å²) in [5.41, 5.74) is 7.67. The van der Waals surface area contributed by atoms with Crippen LogP contribution in [-0.2, 0) is 19.3 Å². The number of carbonyl (C=O) groups is 2. The highest BCUT2D eigenvalue weighted by Gasteiger charge is 2.26. The van der Waals surface area contributed by atoms with Gasteiger partial charge in [-0.15, -0.1) is 11.3 Å². The highest BCUT2D eigenvalue weighted by molar-refractivity contribution is 7.14. The molecule has 0 spiro atoms. The molecule has 0 saturated heterocycles. The van der Waals surface area contributed by atoms with Crippen LogP contribution in [0.25, 0.3) is 0 Å². The van der Waals surface area contributed by atoms with E-state index in [0.29, 0.717) is 0 Å². The average Bonchev–Trinajstić information content (AvgIpc) is 2.92. The first kappa shape index (κ1) is 18.0. The molecule has 142 valence electrons. The largest absolute Gasteiger partial charge is 0.365 e. The number of primary amides is 1. The maximum absolute atomic E-state index is 12.8. The molecule has 1 atom stereocenters. The van der Waals surface area contributed by atoms with E-state index in [-0.39, 0.29) is 17.5 Å². The van der Waals surface area contributed by atoms with Gasteiger partial charge in [-0.25, -0.2) is 0 Å². The molecule has 4 N–H and O–H groups in total. The number of thiophene rings is 1. The van der Waals surface area contributed by atoms with Gasteiger partial charge in [-0.1, -0.05) is 6.42 Å². The van der Waals surface area contributed by atoms with E-state index in [1.807, 2.05) is 6.07 Å². The van der Waals surface area contributed by atoms with Crippen molar-refractivity contribution in [3.05, 3.63) is 54.6 Å². The minimum atomic E-state index is -0.753. The maximum Gasteiger partial charge on any atom is 0.261 e. The van der Waals surface area contributed by atoms with E-state index in [0.717, 1.165) is 48.2 Å². The lowest BCUT2D eigenvalue weighted by molar-refractivity contribution is 0.0936. The summed E-state index contributed by atoms with van der Waals surface area (Å²) in [5, 5.41) is 3.10. The van der Waals surface area contributed by atoms with Gasteiger partial charge in [-0.2, -0.15) is 0 Å². The molecule has 2 amide bonds. The molecule has 2 aliphatic rings. The minimum Gasteiger partial charge on any atom is -0.365 e. The predicted octanol–water partition coefficient (Wildman–Crippen LogP) is 2.61. The van der Waals surface area contributed by atoms with Crippen molar-refractivity contribution in [2.24, 2.45) is 5.73 Å². The van der Waals surface area contributed by atoms with Gasteiger partial charge in [0.25, 0.3) is 17.4 Å². The van der Waals surface area contributed by atoms with Gasteiger partial charge in [0.05, 0.1) is 10.9 Å². The molecule has 0 saturated carbocycles. The van der Waals surface area contributed by atoms with Crippen molar-refractivity contribution in [2.45, 2.75) is 57.4 Å². The third kappa shape index (κ3) is 3.56. The van der Waals surface area contributed by atoms with E-state index in [9.17, 15) is 14.4 Å². The first-order chi connectivity index (χ1) is 13.0. The number of pyridine rings is 1. The molecule has 0 aromatic carbocycles. The van der Waals surface area contributed by atoms with Gasteiger partial charge in [0.1, 0.15) is 5.56 Å². The van der Waals surface area contributed by atoms with Crippen LogP contribution in [0, 0.1) is 0 Å². The van der Waals surface area contributed by atoms with Crippen LogP contribution < -0.4 is 16.6 Å². The smallest absolute Gasteiger partial charge is 0.261 e. The number of nitrogens with two attached hydrogens (primary N) is 1. The fraction of sp³-hybridized carbons (Fsp3) is 0.450. The Labute approximate surface area is 161 Å². The van der Waals surface area contributed by atoms with E-state index in [1.165, 1.54) is 29.7 Å². The second-order valence-electron chi connectivity index (χ2n) is 7.35. The number of aromatic amines is 1. The number of aromatic nitrogens is 1. The van der Waals surface area contributed by atoms with Gasteiger partial charge >= 0.3 is 0 Å². The van der Waals surface area contributed by atoms with Gasteiger partial charge in [0, 0.05) is 10.6 Å². The van der Waals surface area contributed by atoms with Crippen LogP contribution in [0.5, 0.6) is 0 Å². The normalized spacial score (nSPS) is 18.9. The Morgan fingerprint density at radius 1 is 1.11 bits per heavy atom. The van der Waals surface area contributed by atoms with Crippen molar-refractivity contribution in [1.82, 2.24) is 10.3 Å². The zero-order valence-corrected chi connectivity index (χ0v) is 15.9. The number of nitrogens with one attached hydrogen (secondary N) is 2. The van der Waals surface area contributed by atoms with E-state index in [4.69, 9.17) is 5.73 Å². The topological polar surface area (TPSA) is 105 Å².